The number of carbonyl (C=O) groups excluding carboxylic acids is 2. The highest BCUT2D eigenvalue weighted by atomic mass is 31.0. The Hall–Kier alpha value is -0.270. The van der Waals surface area contributed by atoms with Crippen molar-refractivity contribution in [2.75, 3.05) is 13.7 Å². The Morgan fingerprint density at radius 2 is 1.71 bits per heavy atom. The summed E-state index contributed by atoms with van der Waals surface area (Å²) >= 11 is 0. The zero-order chi connectivity index (χ0) is 18.6. The fraction of sp³-hybridized carbons (Fsp3) is 0.900. The molecule has 4 heteroatoms. The second kappa shape index (κ2) is 13.0. The molecule has 24 heavy (non-hydrogen) atoms. The van der Waals surface area contributed by atoms with E-state index in [0.29, 0.717) is 12.3 Å². The Balaban J connectivity index is 4.09. The summed E-state index contributed by atoms with van der Waals surface area (Å²) < 4.78 is 5.06. The zero-order valence-corrected chi connectivity index (χ0v) is 17.6. The Kier molecular flexibility index (Phi) is 12.9. The molecular formula is C20H39O3P. The fourth-order valence-electron chi connectivity index (χ4n) is 3.31. The molecule has 0 aromatic carbocycles. The van der Waals surface area contributed by atoms with Crippen LogP contribution < -0.4 is 0 Å². The summed E-state index contributed by atoms with van der Waals surface area (Å²) in [4.78, 5) is 23.5. The highest BCUT2D eigenvalue weighted by Crippen LogP contribution is 2.34. The first-order valence-corrected chi connectivity index (χ1v) is 10.2. The van der Waals surface area contributed by atoms with Crippen molar-refractivity contribution in [3.63, 3.8) is 0 Å². The van der Waals surface area contributed by atoms with E-state index in [-0.39, 0.29) is 17.4 Å². The fourth-order valence-corrected chi connectivity index (χ4v) is 3.59. The van der Waals surface area contributed by atoms with Crippen LogP contribution in [0.5, 0.6) is 0 Å². The summed E-state index contributed by atoms with van der Waals surface area (Å²) in [5.74, 6) is 0.926. The van der Waals surface area contributed by atoms with E-state index in [0.717, 1.165) is 25.7 Å². The summed E-state index contributed by atoms with van der Waals surface area (Å²) in [6.07, 6.45) is 9.68. The van der Waals surface area contributed by atoms with Gasteiger partial charge in [-0.2, -0.15) is 0 Å². The van der Waals surface area contributed by atoms with Crippen LogP contribution in [0.1, 0.15) is 79.1 Å². The van der Waals surface area contributed by atoms with Crippen molar-refractivity contribution in [2.24, 2.45) is 17.3 Å². The summed E-state index contributed by atoms with van der Waals surface area (Å²) in [6, 6.07) is 0. The van der Waals surface area contributed by atoms with Gasteiger partial charge in [-0.3, -0.25) is 4.79 Å². The molecule has 0 saturated carbocycles. The van der Waals surface area contributed by atoms with Gasteiger partial charge in [-0.1, -0.05) is 59.8 Å². The van der Waals surface area contributed by atoms with Crippen LogP contribution in [-0.2, 0) is 14.3 Å². The number of carbonyl (C=O) groups is 2. The Morgan fingerprint density at radius 1 is 1.12 bits per heavy atom. The first kappa shape index (κ1) is 23.7. The number of hydrogen-bond acceptors (Lipinski definition) is 3. The second-order valence-corrected chi connectivity index (χ2v) is 8.69. The summed E-state index contributed by atoms with van der Waals surface area (Å²) in [6.45, 7) is 9.11. The summed E-state index contributed by atoms with van der Waals surface area (Å²) in [5.41, 5.74) is -0.432. The van der Waals surface area contributed by atoms with E-state index in [4.69, 9.17) is 4.74 Å². The quantitative estimate of drug-likeness (QED) is 0.233. The van der Waals surface area contributed by atoms with Crippen LogP contribution in [0.25, 0.3) is 0 Å². The third kappa shape index (κ3) is 9.28. The number of methoxy groups -OCH3 is 1. The molecule has 0 aliphatic carbocycles. The van der Waals surface area contributed by atoms with Crippen molar-refractivity contribution in [3.05, 3.63) is 0 Å². The van der Waals surface area contributed by atoms with E-state index in [2.05, 4.69) is 16.2 Å². The zero-order valence-electron chi connectivity index (χ0n) is 16.5. The minimum atomic E-state index is -0.452. The SMILES string of the molecule is COCCCCCCC[C@H](C)C[C@@H](C)C(=O)C(C)(C)[C@@H](P)CC=O. The van der Waals surface area contributed by atoms with Gasteiger partial charge in [-0.05, 0) is 24.4 Å². The van der Waals surface area contributed by atoms with Gasteiger partial charge in [0.05, 0.1) is 0 Å². The van der Waals surface area contributed by atoms with Crippen LogP contribution in [0.3, 0.4) is 0 Å². The first-order chi connectivity index (χ1) is 11.3. The standard InChI is InChI=1S/C20H39O3P/c1-16(11-9-7-6-8-10-14-23-5)15-17(2)19(22)20(3,4)18(24)12-13-21/h13,16-18H,6-12,14-15,24H2,1-5H3/t16-,17+,18-/m0/s1. The van der Waals surface area contributed by atoms with Crippen molar-refractivity contribution in [2.45, 2.75) is 84.7 Å². The average molecular weight is 359 g/mol. The van der Waals surface area contributed by atoms with E-state index < -0.39 is 5.41 Å². The molecule has 142 valence electrons. The number of aldehydes is 1. The predicted octanol–water partition coefficient (Wildman–Crippen LogP) is 5.06. The molecule has 4 atom stereocenters. The molecule has 0 aromatic heterocycles. The lowest BCUT2D eigenvalue weighted by Crippen LogP contribution is -2.38. The Labute approximate surface area is 151 Å². The van der Waals surface area contributed by atoms with Crippen LogP contribution in [0.2, 0.25) is 0 Å². The van der Waals surface area contributed by atoms with Gasteiger partial charge in [-0.25, -0.2) is 0 Å². The van der Waals surface area contributed by atoms with Crippen molar-refractivity contribution >= 4 is 21.3 Å². The normalized spacial score (nSPS) is 15.8. The van der Waals surface area contributed by atoms with Crippen molar-refractivity contribution < 1.29 is 14.3 Å². The van der Waals surface area contributed by atoms with Gasteiger partial charge < -0.3 is 9.53 Å². The molecule has 0 bridgehead atoms. The smallest absolute Gasteiger partial charge is 0.141 e. The number of Topliss-reactive ketones (excluding diaryl/α,β-unsaturated/α-hetero) is 1. The molecular weight excluding hydrogens is 319 g/mol. The molecule has 0 aromatic rings. The number of ketones is 1. The number of rotatable bonds is 15. The van der Waals surface area contributed by atoms with Gasteiger partial charge in [0, 0.05) is 31.5 Å². The molecule has 0 aliphatic heterocycles. The maximum absolute atomic E-state index is 12.8. The van der Waals surface area contributed by atoms with Crippen molar-refractivity contribution in [1.29, 1.82) is 0 Å². The van der Waals surface area contributed by atoms with E-state index >= 15 is 0 Å². The Bertz CT molecular complexity index is 355. The van der Waals surface area contributed by atoms with Crippen LogP contribution in [0, 0.1) is 17.3 Å². The van der Waals surface area contributed by atoms with Gasteiger partial charge in [-0.15, -0.1) is 9.24 Å². The van der Waals surface area contributed by atoms with Gasteiger partial charge in [0.15, 0.2) is 0 Å². The predicted molar refractivity (Wildman–Crippen MR) is 105 cm³/mol. The highest BCUT2D eigenvalue weighted by Gasteiger charge is 2.36. The van der Waals surface area contributed by atoms with Crippen LogP contribution in [0.15, 0.2) is 0 Å². The lowest BCUT2D eigenvalue weighted by atomic mass is 9.75. The lowest BCUT2D eigenvalue weighted by Gasteiger charge is -2.32. The topological polar surface area (TPSA) is 43.4 Å². The minimum Gasteiger partial charge on any atom is -0.385 e. The van der Waals surface area contributed by atoms with E-state index in [1.807, 2.05) is 20.8 Å². The van der Waals surface area contributed by atoms with E-state index in [9.17, 15) is 9.59 Å². The van der Waals surface area contributed by atoms with Gasteiger partial charge >= 0.3 is 0 Å². The summed E-state index contributed by atoms with van der Waals surface area (Å²) in [5, 5.41) is 0. The second-order valence-electron chi connectivity index (χ2n) is 7.89. The lowest BCUT2D eigenvalue weighted by molar-refractivity contribution is -0.131. The van der Waals surface area contributed by atoms with Crippen LogP contribution in [0.4, 0.5) is 0 Å². The van der Waals surface area contributed by atoms with Crippen molar-refractivity contribution in [1.82, 2.24) is 0 Å². The number of unbranched alkanes of at least 4 members (excludes halogenated alkanes) is 4. The maximum atomic E-state index is 12.8. The van der Waals surface area contributed by atoms with Gasteiger partial charge in [0.1, 0.15) is 12.1 Å². The molecule has 0 fully saturated rings. The average Bonchev–Trinajstić information content (AvgIpc) is 2.53. The Morgan fingerprint density at radius 3 is 2.29 bits per heavy atom. The van der Waals surface area contributed by atoms with Crippen molar-refractivity contribution in [3.8, 4) is 0 Å². The molecule has 0 aliphatic rings. The third-order valence-corrected chi connectivity index (χ3v) is 6.27. The van der Waals surface area contributed by atoms with Gasteiger partial charge in [0.2, 0.25) is 0 Å². The largest absolute Gasteiger partial charge is 0.385 e. The first-order valence-electron chi connectivity index (χ1n) is 9.49. The molecule has 3 nitrogen and oxygen atoms in total. The molecule has 1 unspecified atom stereocenters. The van der Waals surface area contributed by atoms with E-state index in [1.54, 1.807) is 7.11 Å². The molecule has 0 amide bonds. The molecule has 0 saturated heterocycles. The molecule has 0 radical (unpaired) electrons. The monoisotopic (exact) mass is 358 g/mol. The number of ether oxygens (including phenoxy) is 1. The number of hydrogen-bond donors (Lipinski definition) is 0. The molecule has 0 spiro atoms. The van der Waals surface area contributed by atoms with E-state index in [1.165, 1.54) is 32.1 Å². The molecule has 0 N–H and O–H groups in total. The highest BCUT2D eigenvalue weighted by molar-refractivity contribution is 7.17. The maximum Gasteiger partial charge on any atom is 0.141 e. The minimum absolute atomic E-state index is 0.0207. The third-order valence-electron chi connectivity index (χ3n) is 5.16. The van der Waals surface area contributed by atoms with Crippen LogP contribution in [-0.4, -0.2) is 31.4 Å². The van der Waals surface area contributed by atoms with Gasteiger partial charge in [0.25, 0.3) is 0 Å². The molecule has 0 rings (SSSR count). The van der Waals surface area contributed by atoms with Crippen LogP contribution >= 0.6 is 9.24 Å². The molecule has 0 heterocycles. The summed E-state index contributed by atoms with van der Waals surface area (Å²) in [7, 11) is 4.43.